The molecule has 0 radical (unpaired) electrons. The molecule has 8 heteroatoms. The number of piperidine rings is 1. The monoisotopic (exact) mass is 365 g/mol. The minimum absolute atomic E-state index is 0.123. The summed E-state index contributed by atoms with van der Waals surface area (Å²) < 4.78 is 34.0. The van der Waals surface area contributed by atoms with E-state index in [-0.39, 0.29) is 22.9 Å². The minimum Gasteiger partial charge on any atom is -0.486 e. The number of likely N-dealkylation sites (tertiary alicyclic amines) is 2. The van der Waals surface area contributed by atoms with Crippen molar-refractivity contribution in [3.63, 3.8) is 0 Å². The van der Waals surface area contributed by atoms with Gasteiger partial charge in [-0.25, -0.2) is 13.1 Å². The number of ether oxygens (including phenoxy) is 1. The maximum atomic E-state index is 12.6. The Labute approximate surface area is 148 Å². The Morgan fingerprint density at radius 3 is 2.64 bits per heavy atom. The fourth-order valence-corrected chi connectivity index (χ4v) is 5.47. The van der Waals surface area contributed by atoms with Gasteiger partial charge >= 0.3 is 0 Å². The normalized spacial score (nSPS) is 29.4. The van der Waals surface area contributed by atoms with Crippen molar-refractivity contribution < 1.29 is 17.9 Å². The van der Waals surface area contributed by atoms with E-state index in [1.54, 1.807) is 31.2 Å². The van der Waals surface area contributed by atoms with Crippen molar-refractivity contribution in [1.29, 1.82) is 0 Å². The molecule has 2 atom stereocenters. The van der Waals surface area contributed by atoms with E-state index in [4.69, 9.17) is 4.74 Å². The molecule has 2 unspecified atom stereocenters. The van der Waals surface area contributed by atoms with E-state index in [1.807, 2.05) is 4.90 Å². The van der Waals surface area contributed by atoms with Gasteiger partial charge in [-0.3, -0.25) is 9.69 Å². The van der Waals surface area contributed by atoms with Gasteiger partial charge in [0.1, 0.15) is 16.7 Å². The lowest BCUT2D eigenvalue weighted by Gasteiger charge is -2.36. The summed E-state index contributed by atoms with van der Waals surface area (Å²) in [7, 11) is -3.56. The first-order chi connectivity index (χ1) is 11.9. The van der Waals surface area contributed by atoms with E-state index in [1.165, 1.54) is 0 Å². The molecule has 3 heterocycles. The first kappa shape index (κ1) is 16.8. The highest BCUT2D eigenvalue weighted by Gasteiger charge is 2.43. The average molecular weight is 365 g/mol. The number of fused-ring (bicyclic) bond motifs is 2. The minimum atomic E-state index is -3.56. The number of hydrogen-bond donors (Lipinski definition) is 1. The van der Waals surface area contributed by atoms with Crippen molar-refractivity contribution in [1.82, 2.24) is 14.5 Å². The van der Waals surface area contributed by atoms with E-state index in [0.717, 1.165) is 25.9 Å². The zero-order chi connectivity index (χ0) is 17.6. The lowest BCUT2D eigenvalue weighted by Crippen LogP contribution is -2.46. The van der Waals surface area contributed by atoms with Crippen LogP contribution >= 0.6 is 0 Å². The highest BCUT2D eigenvalue weighted by atomic mass is 32.2. The summed E-state index contributed by atoms with van der Waals surface area (Å²) in [6.45, 7) is 4.48. The molecular formula is C17H23N3O4S. The first-order valence-electron chi connectivity index (χ1n) is 8.71. The Kier molecular flexibility index (Phi) is 4.21. The summed E-state index contributed by atoms with van der Waals surface area (Å²) in [6, 6.07) is 6.91. The van der Waals surface area contributed by atoms with Gasteiger partial charge in [-0.15, -0.1) is 0 Å². The van der Waals surface area contributed by atoms with E-state index < -0.39 is 10.0 Å². The molecule has 0 saturated carbocycles. The molecular weight excluding hydrogens is 342 g/mol. The lowest BCUT2D eigenvalue weighted by atomic mass is 10.0. The van der Waals surface area contributed by atoms with Crippen LogP contribution in [0.1, 0.15) is 19.8 Å². The number of para-hydroxylation sites is 1. The second-order valence-corrected chi connectivity index (χ2v) is 8.70. The molecule has 136 valence electrons. The number of carbonyl (C=O) groups excluding carboxylic acids is 1. The van der Waals surface area contributed by atoms with Gasteiger partial charge in [-0.2, -0.15) is 0 Å². The van der Waals surface area contributed by atoms with Crippen LogP contribution in [0.3, 0.4) is 0 Å². The number of carbonyl (C=O) groups is 1. The molecule has 3 aliphatic rings. The molecule has 0 aliphatic carbocycles. The van der Waals surface area contributed by atoms with Gasteiger partial charge in [0.05, 0.1) is 6.04 Å². The van der Waals surface area contributed by atoms with Gasteiger partial charge < -0.3 is 9.64 Å². The molecule has 2 fully saturated rings. The summed E-state index contributed by atoms with van der Waals surface area (Å²) in [5, 5.41) is 0. The molecule has 4 rings (SSSR count). The summed E-state index contributed by atoms with van der Waals surface area (Å²) in [5.74, 6) is 0.550. The number of rotatable bonds is 1. The van der Waals surface area contributed by atoms with Crippen LogP contribution in [0.5, 0.6) is 5.75 Å². The van der Waals surface area contributed by atoms with Gasteiger partial charge in [0, 0.05) is 39.1 Å². The molecule has 0 aromatic heterocycles. The van der Waals surface area contributed by atoms with Gasteiger partial charge in [0.25, 0.3) is 0 Å². The number of hydrogen-bond acceptors (Lipinski definition) is 5. The standard InChI is InChI=1S/C17H23N3O4S/c1-12(21)19-8-6-13(7-9-19)20-10-14-16(11-20)24-15-4-2-3-5-17(15)25(22,23)18-14/h2-5,13-14,16,18H,6-11H2,1H3. The van der Waals surface area contributed by atoms with E-state index in [0.29, 0.717) is 24.9 Å². The number of nitrogens with zero attached hydrogens (tertiary/aromatic N) is 2. The Hall–Kier alpha value is -1.64. The number of sulfonamides is 1. The zero-order valence-corrected chi connectivity index (χ0v) is 15.0. The van der Waals surface area contributed by atoms with Crippen LogP contribution in [-0.2, 0) is 14.8 Å². The van der Waals surface area contributed by atoms with Crippen LogP contribution in [0, 0.1) is 0 Å². The summed E-state index contributed by atoms with van der Waals surface area (Å²) in [5.41, 5.74) is 0. The Balaban J connectivity index is 1.49. The summed E-state index contributed by atoms with van der Waals surface area (Å²) in [4.78, 5) is 15.9. The van der Waals surface area contributed by atoms with Crippen LogP contribution in [0.25, 0.3) is 0 Å². The van der Waals surface area contributed by atoms with Gasteiger partial charge in [0.15, 0.2) is 0 Å². The van der Waals surface area contributed by atoms with Crippen molar-refractivity contribution in [2.75, 3.05) is 26.2 Å². The third-order valence-corrected chi connectivity index (χ3v) is 6.97. The molecule has 1 N–H and O–H groups in total. The number of amides is 1. The smallest absolute Gasteiger partial charge is 0.244 e. The average Bonchev–Trinajstić information content (AvgIpc) is 2.92. The number of benzene rings is 1. The van der Waals surface area contributed by atoms with Gasteiger partial charge in [-0.1, -0.05) is 12.1 Å². The van der Waals surface area contributed by atoms with Crippen LogP contribution in [-0.4, -0.2) is 68.5 Å². The molecule has 0 spiro atoms. The molecule has 7 nitrogen and oxygen atoms in total. The second kappa shape index (κ2) is 6.26. The zero-order valence-electron chi connectivity index (χ0n) is 14.2. The van der Waals surface area contributed by atoms with Crippen molar-refractivity contribution >= 4 is 15.9 Å². The highest BCUT2D eigenvalue weighted by molar-refractivity contribution is 7.89. The number of nitrogens with one attached hydrogen (secondary N) is 1. The summed E-state index contributed by atoms with van der Waals surface area (Å²) >= 11 is 0. The maximum Gasteiger partial charge on any atom is 0.244 e. The third kappa shape index (κ3) is 3.14. The fraction of sp³-hybridized carbons (Fsp3) is 0.588. The van der Waals surface area contributed by atoms with Crippen LogP contribution < -0.4 is 9.46 Å². The molecule has 1 aromatic rings. The van der Waals surface area contributed by atoms with Crippen LogP contribution in [0.4, 0.5) is 0 Å². The van der Waals surface area contributed by atoms with Gasteiger partial charge in [-0.05, 0) is 25.0 Å². The van der Waals surface area contributed by atoms with Crippen molar-refractivity contribution in [2.24, 2.45) is 0 Å². The topological polar surface area (TPSA) is 79.0 Å². The molecule has 1 amide bonds. The van der Waals surface area contributed by atoms with E-state index in [2.05, 4.69) is 9.62 Å². The Morgan fingerprint density at radius 2 is 1.92 bits per heavy atom. The van der Waals surface area contributed by atoms with Crippen LogP contribution in [0.2, 0.25) is 0 Å². The second-order valence-electron chi connectivity index (χ2n) is 7.02. The van der Waals surface area contributed by atoms with E-state index >= 15 is 0 Å². The van der Waals surface area contributed by atoms with Crippen molar-refractivity contribution in [3.8, 4) is 5.75 Å². The fourth-order valence-electron chi connectivity index (χ4n) is 4.08. The molecule has 25 heavy (non-hydrogen) atoms. The Morgan fingerprint density at radius 1 is 1.20 bits per heavy atom. The molecule has 2 saturated heterocycles. The third-order valence-electron chi connectivity index (χ3n) is 5.44. The predicted octanol–water partition coefficient (Wildman–Crippen LogP) is 0.421. The lowest BCUT2D eigenvalue weighted by molar-refractivity contribution is -0.130. The van der Waals surface area contributed by atoms with Gasteiger partial charge in [0.2, 0.25) is 15.9 Å². The predicted molar refractivity (Wildman–Crippen MR) is 91.8 cm³/mol. The highest BCUT2D eigenvalue weighted by Crippen LogP contribution is 2.32. The molecule has 3 aliphatic heterocycles. The molecule has 0 bridgehead atoms. The van der Waals surface area contributed by atoms with Crippen molar-refractivity contribution in [3.05, 3.63) is 24.3 Å². The SMILES string of the molecule is CC(=O)N1CCC(N2CC3NS(=O)(=O)c4ccccc4OC3C2)CC1. The first-order valence-corrected chi connectivity index (χ1v) is 10.2. The van der Waals surface area contributed by atoms with E-state index in [9.17, 15) is 13.2 Å². The quantitative estimate of drug-likeness (QED) is 0.780. The largest absolute Gasteiger partial charge is 0.486 e. The van der Waals surface area contributed by atoms with Crippen molar-refractivity contribution in [2.45, 2.75) is 42.8 Å². The Bertz CT molecular complexity index is 774. The molecule has 1 aromatic carbocycles. The maximum absolute atomic E-state index is 12.6. The summed E-state index contributed by atoms with van der Waals surface area (Å²) in [6.07, 6.45) is 1.65. The van der Waals surface area contributed by atoms with Crippen LogP contribution in [0.15, 0.2) is 29.2 Å².